The molecule has 3 aromatic rings. The molecule has 2 aliphatic heterocycles. The molecule has 1 saturated carbocycles. The lowest BCUT2D eigenvalue weighted by Gasteiger charge is -2.57. The summed E-state index contributed by atoms with van der Waals surface area (Å²) < 4.78 is 1.80. The van der Waals surface area contributed by atoms with Crippen molar-refractivity contribution in [3.05, 3.63) is 76.2 Å². The normalized spacial score (nSPS) is 25.2. The highest BCUT2D eigenvalue weighted by molar-refractivity contribution is 5.96. The minimum absolute atomic E-state index is 0.0509. The van der Waals surface area contributed by atoms with E-state index in [1.807, 2.05) is 24.3 Å². The summed E-state index contributed by atoms with van der Waals surface area (Å²) in [6, 6.07) is 15.5. The highest BCUT2D eigenvalue weighted by Gasteiger charge is 2.47. The van der Waals surface area contributed by atoms with Crippen LogP contribution in [-0.2, 0) is 4.79 Å². The standard InChI is InChI=1S/C34H42N4O4/c1-34(19-10-3-2-4-11-20-34)38-24-15-12-16-25(38)22-26(21-24)37-28-18-9-8-17-27(28)35-30(32(37)40)31(39)36-29(33(41)42)23-13-6-5-7-14-23/h5-9,13-14,17-18,24-26,29H,2-4,10-12,15-16,19-22H2,1H3,(H,36,39)(H,41,42)/t24-,25+,26+,29-/m0/s1. The molecule has 2 bridgehead atoms. The van der Waals surface area contributed by atoms with Gasteiger partial charge in [0.1, 0.15) is 0 Å². The summed E-state index contributed by atoms with van der Waals surface area (Å²) in [5, 5.41) is 12.4. The van der Waals surface area contributed by atoms with Gasteiger partial charge in [-0.05, 0) is 63.1 Å². The summed E-state index contributed by atoms with van der Waals surface area (Å²) in [5.41, 5.74) is 1.22. The number of rotatable bonds is 6. The van der Waals surface area contributed by atoms with Crippen LogP contribution in [-0.4, -0.2) is 49.1 Å². The van der Waals surface area contributed by atoms with E-state index in [0.29, 0.717) is 23.2 Å². The number of carboxylic acids is 1. The second-order valence-electron chi connectivity index (χ2n) is 12.8. The van der Waals surface area contributed by atoms with E-state index in [1.54, 1.807) is 34.9 Å². The van der Waals surface area contributed by atoms with Gasteiger partial charge in [0.25, 0.3) is 11.5 Å². The molecule has 1 aliphatic carbocycles. The molecule has 2 saturated heterocycles. The number of hydrogen-bond acceptors (Lipinski definition) is 5. The number of carboxylic acid groups (broad SMARTS) is 1. The molecule has 3 fully saturated rings. The number of nitrogens with one attached hydrogen (secondary N) is 1. The lowest BCUT2D eigenvalue weighted by molar-refractivity contribution is -0.139. The lowest BCUT2D eigenvalue weighted by atomic mass is 9.74. The second kappa shape index (κ2) is 12.0. The van der Waals surface area contributed by atoms with E-state index in [9.17, 15) is 19.5 Å². The van der Waals surface area contributed by atoms with E-state index in [2.05, 4.69) is 22.1 Å². The number of aromatic nitrogens is 2. The largest absolute Gasteiger partial charge is 0.479 e. The van der Waals surface area contributed by atoms with Crippen LogP contribution in [0.4, 0.5) is 0 Å². The van der Waals surface area contributed by atoms with Crippen molar-refractivity contribution in [2.24, 2.45) is 0 Å². The van der Waals surface area contributed by atoms with Crippen molar-refractivity contribution in [3.63, 3.8) is 0 Å². The van der Waals surface area contributed by atoms with Crippen LogP contribution in [0.3, 0.4) is 0 Å². The molecule has 1 aromatic heterocycles. The predicted octanol–water partition coefficient (Wildman–Crippen LogP) is 6.01. The fourth-order valence-corrected chi connectivity index (χ4v) is 8.17. The Balaban J connectivity index is 1.34. The van der Waals surface area contributed by atoms with E-state index < -0.39 is 23.5 Å². The molecule has 42 heavy (non-hydrogen) atoms. The second-order valence-corrected chi connectivity index (χ2v) is 12.8. The van der Waals surface area contributed by atoms with Gasteiger partial charge in [-0.25, -0.2) is 9.78 Å². The monoisotopic (exact) mass is 570 g/mol. The first-order valence-corrected chi connectivity index (χ1v) is 15.7. The van der Waals surface area contributed by atoms with Gasteiger partial charge >= 0.3 is 5.97 Å². The molecular formula is C34H42N4O4. The van der Waals surface area contributed by atoms with Gasteiger partial charge in [-0.1, -0.05) is 81.0 Å². The van der Waals surface area contributed by atoms with Crippen molar-refractivity contribution in [2.45, 2.75) is 114 Å². The highest BCUT2D eigenvalue weighted by atomic mass is 16.4. The van der Waals surface area contributed by atoms with Gasteiger partial charge in [-0.2, -0.15) is 0 Å². The minimum Gasteiger partial charge on any atom is -0.479 e. The van der Waals surface area contributed by atoms with Gasteiger partial charge in [0.2, 0.25) is 0 Å². The number of nitrogens with zero attached hydrogens (tertiary/aromatic N) is 3. The Bertz CT molecular complexity index is 1480. The van der Waals surface area contributed by atoms with E-state index in [4.69, 9.17) is 0 Å². The molecule has 0 spiro atoms. The van der Waals surface area contributed by atoms with Crippen molar-refractivity contribution < 1.29 is 14.7 Å². The van der Waals surface area contributed by atoms with Crippen LogP contribution >= 0.6 is 0 Å². The number of carbonyl (C=O) groups is 2. The predicted molar refractivity (Wildman–Crippen MR) is 163 cm³/mol. The zero-order valence-electron chi connectivity index (χ0n) is 24.5. The van der Waals surface area contributed by atoms with Crippen molar-refractivity contribution in [2.75, 3.05) is 0 Å². The summed E-state index contributed by atoms with van der Waals surface area (Å²) in [5.74, 6) is -1.96. The molecule has 6 rings (SSSR count). The van der Waals surface area contributed by atoms with Gasteiger partial charge in [-0.3, -0.25) is 14.5 Å². The zero-order chi connectivity index (χ0) is 29.3. The van der Waals surface area contributed by atoms with Gasteiger partial charge in [0, 0.05) is 23.7 Å². The third-order valence-electron chi connectivity index (χ3n) is 10.0. The average molecular weight is 571 g/mol. The molecule has 3 aliphatic rings. The molecule has 8 nitrogen and oxygen atoms in total. The maximum absolute atomic E-state index is 14.1. The Hall–Kier alpha value is -3.52. The first-order chi connectivity index (χ1) is 20.4. The van der Waals surface area contributed by atoms with Gasteiger partial charge in [0.05, 0.1) is 11.0 Å². The minimum atomic E-state index is -1.29. The molecule has 222 valence electrons. The van der Waals surface area contributed by atoms with Crippen molar-refractivity contribution >= 4 is 22.9 Å². The maximum Gasteiger partial charge on any atom is 0.330 e. The fraction of sp³-hybridized carbons (Fsp3) is 0.529. The molecule has 3 heterocycles. The molecule has 0 radical (unpaired) electrons. The third-order valence-corrected chi connectivity index (χ3v) is 10.0. The number of amides is 1. The molecule has 8 heteroatoms. The Labute approximate surface area is 247 Å². The van der Waals surface area contributed by atoms with Gasteiger partial charge in [-0.15, -0.1) is 0 Å². The number of carbonyl (C=O) groups excluding carboxylic acids is 1. The molecule has 1 amide bonds. The lowest BCUT2D eigenvalue weighted by Crippen LogP contribution is -2.62. The summed E-state index contributed by atoms with van der Waals surface area (Å²) >= 11 is 0. The average Bonchev–Trinajstić information content (AvgIpc) is 2.97. The Morgan fingerprint density at radius 1 is 0.881 bits per heavy atom. The fourth-order valence-electron chi connectivity index (χ4n) is 8.17. The number of aliphatic carboxylic acids is 1. The zero-order valence-corrected chi connectivity index (χ0v) is 24.5. The van der Waals surface area contributed by atoms with Crippen LogP contribution < -0.4 is 10.9 Å². The molecule has 2 aromatic carbocycles. The molecule has 2 N–H and O–H groups in total. The van der Waals surface area contributed by atoms with Crippen LogP contribution in [0.25, 0.3) is 11.0 Å². The maximum atomic E-state index is 14.1. The van der Waals surface area contributed by atoms with Crippen molar-refractivity contribution in [1.29, 1.82) is 0 Å². The van der Waals surface area contributed by atoms with Crippen LogP contribution in [0.15, 0.2) is 59.4 Å². The van der Waals surface area contributed by atoms with E-state index in [-0.39, 0.29) is 17.3 Å². The summed E-state index contributed by atoms with van der Waals surface area (Å²) in [4.78, 5) is 47.1. The summed E-state index contributed by atoms with van der Waals surface area (Å²) in [7, 11) is 0. The number of piperidine rings is 2. The van der Waals surface area contributed by atoms with E-state index in [0.717, 1.165) is 31.2 Å². The SMILES string of the molecule is CC1(N2[C@@H]3CCC[C@H]2C[C@@H](n2c(=O)c(C(=O)N[C@H](C(=O)O)c4ccccc4)nc4ccccc42)C3)CCCCCCC1. The van der Waals surface area contributed by atoms with Crippen LogP contribution in [0.5, 0.6) is 0 Å². The Kier molecular flexibility index (Phi) is 8.17. The van der Waals surface area contributed by atoms with Gasteiger partial charge < -0.3 is 15.0 Å². The number of para-hydroxylation sites is 2. The highest BCUT2D eigenvalue weighted by Crippen LogP contribution is 2.46. The molecule has 4 atom stereocenters. The van der Waals surface area contributed by atoms with Crippen LogP contribution in [0.2, 0.25) is 0 Å². The van der Waals surface area contributed by atoms with E-state index >= 15 is 0 Å². The quantitative estimate of drug-likeness (QED) is 0.376. The molecule has 0 unspecified atom stereocenters. The summed E-state index contributed by atoms with van der Waals surface area (Å²) in [6.45, 7) is 2.48. The molecular weight excluding hydrogens is 528 g/mol. The Morgan fingerprint density at radius 3 is 2.17 bits per heavy atom. The number of fused-ring (bicyclic) bond motifs is 3. The van der Waals surface area contributed by atoms with Gasteiger partial charge in [0.15, 0.2) is 11.7 Å². The van der Waals surface area contributed by atoms with E-state index in [1.165, 1.54) is 51.4 Å². The van der Waals surface area contributed by atoms with Crippen molar-refractivity contribution in [3.8, 4) is 0 Å². The third kappa shape index (κ3) is 5.49. The Morgan fingerprint density at radius 2 is 1.50 bits per heavy atom. The van der Waals surface area contributed by atoms with Crippen LogP contribution in [0.1, 0.15) is 112 Å². The number of benzene rings is 2. The van der Waals surface area contributed by atoms with Crippen LogP contribution in [0, 0.1) is 0 Å². The topological polar surface area (TPSA) is 105 Å². The number of hydrogen-bond donors (Lipinski definition) is 2. The smallest absolute Gasteiger partial charge is 0.330 e. The first kappa shape index (κ1) is 28.6. The first-order valence-electron chi connectivity index (χ1n) is 15.7. The summed E-state index contributed by atoms with van der Waals surface area (Å²) in [6.07, 6.45) is 14.2. The van der Waals surface area contributed by atoms with Crippen molar-refractivity contribution in [1.82, 2.24) is 19.8 Å².